The van der Waals surface area contributed by atoms with Crippen LogP contribution in [0.25, 0.3) is 0 Å². The molecule has 2 saturated carbocycles. The molecule has 2 nitrogen and oxygen atoms in total. The van der Waals surface area contributed by atoms with Crippen molar-refractivity contribution in [1.82, 2.24) is 10.6 Å². The van der Waals surface area contributed by atoms with Gasteiger partial charge in [-0.25, -0.2) is 0 Å². The van der Waals surface area contributed by atoms with Crippen LogP contribution in [0.4, 0.5) is 0 Å². The number of rotatable bonds is 3. The first-order valence-corrected chi connectivity index (χ1v) is 5.88. The molecule has 3 unspecified atom stereocenters. The van der Waals surface area contributed by atoms with Crippen LogP contribution < -0.4 is 10.6 Å². The fourth-order valence-electron chi connectivity index (χ4n) is 3.12. The van der Waals surface area contributed by atoms with E-state index in [1.54, 1.807) is 6.42 Å². The summed E-state index contributed by atoms with van der Waals surface area (Å²) in [6.45, 7) is 2.45. The molecule has 0 spiro atoms. The van der Waals surface area contributed by atoms with Gasteiger partial charge in [-0.15, -0.1) is 0 Å². The van der Waals surface area contributed by atoms with Crippen molar-refractivity contribution in [2.45, 2.75) is 44.2 Å². The van der Waals surface area contributed by atoms with Gasteiger partial charge in [0.15, 0.2) is 0 Å². The fraction of sp³-hybridized carbons (Fsp3) is 1.00. The molecule has 1 aliphatic heterocycles. The van der Waals surface area contributed by atoms with Gasteiger partial charge in [-0.05, 0) is 50.5 Å². The summed E-state index contributed by atoms with van der Waals surface area (Å²) < 4.78 is 0. The molecule has 0 aromatic carbocycles. The summed E-state index contributed by atoms with van der Waals surface area (Å²) in [6, 6.07) is 1.64. The van der Waals surface area contributed by atoms with Crippen LogP contribution in [0.2, 0.25) is 0 Å². The highest BCUT2D eigenvalue weighted by Gasteiger charge is 2.45. The minimum atomic E-state index is 0.775. The monoisotopic (exact) mass is 180 g/mol. The van der Waals surface area contributed by atoms with Crippen LogP contribution in [0.3, 0.4) is 0 Å². The molecule has 13 heavy (non-hydrogen) atoms. The lowest BCUT2D eigenvalue weighted by Gasteiger charge is -2.17. The molecule has 3 fully saturated rings. The third-order valence-electron chi connectivity index (χ3n) is 4.06. The predicted octanol–water partition coefficient (Wildman–Crippen LogP) is 1.13. The third kappa shape index (κ3) is 1.75. The van der Waals surface area contributed by atoms with Crippen LogP contribution in [-0.2, 0) is 0 Å². The number of nitrogens with one attached hydrogen (secondary N) is 2. The Morgan fingerprint density at radius 2 is 2.00 bits per heavy atom. The molecule has 3 aliphatic rings. The quantitative estimate of drug-likeness (QED) is 0.680. The minimum Gasteiger partial charge on any atom is -0.313 e. The Morgan fingerprint density at radius 3 is 2.69 bits per heavy atom. The summed E-state index contributed by atoms with van der Waals surface area (Å²) in [4.78, 5) is 0. The Bertz CT molecular complexity index is 177. The molecule has 74 valence electrons. The lowest BCUT2D eigenvalue weighted by atomic mass is 10.1. The van der Waals surface area contributed by atoms with Gasteiger partial charge in [0, 0.05) is 18.6 Å². The van der Waals surface area contributed by atoms with Crippen molar-refractivity contribution >= 4 is 0 Å². The second-order valence-corrected chi connectivity index (χ2v) is 5.13. The number of hydrogen-bond acceptors (Lipinski definition) is 2. The SMILES string of the molecule is C1CNC(CNC2CC3CC3C2)C1. The zero-order valence-corrected chi connectivity index (χ0v) is 8.26. The first-order chi connectivity index (χ1) is 6.42. The molecule has 3 atom stereocenters. The molecule has 0 bridgehead atoms. The van der Waals surface area contributed by atoms with Crippen LogP contribution in [-0.4, -0.2) is 25.2 Å². The Balaban J connectivity index is 1.38. The van der Waals surface area contributed by atoms with E-state index >= 15 is 0 Å². The molecule has 3 rings (SSSR count). The number of hydrogen-bond donors (Lipinski definition) is 2. The van der Waals surface area contributed by atoms with Gasteiger partial charge in [0.25, 0.3) is 0 Å². The first-order valence-electron chi connectivity index (χ1n) is 5.88. The topological polar surface area (TPSA) is 24.1 Å². The van der Waals surface area contributed by atoms with E-state index in [4.69, 9.17) is 0 Å². The van der Waals surface area contributed by atoms with Gasteiger partial charge in [-0.1, -0.05) is 0 Å². The van der Waals surface area contributed by atoms with Crippen LogP contribution in [0.1, 0.15) is 32.1 Å². The van der Waals surface area contributed by atoms with Gasteiger partial charge >= 0.3 is 0 Å². The maximum Gasteiger partial charge on any atom is 0.0193 e. The van der Waals surface area contributed by atoms with Gasteiger partial charge in [0.2, 0.25) is 0 Å². The van der Waals surface area contributed by atoms with Crippen molar-refractivity contribution < 1.29 is 0 Å². The molecule has 0 aromatic rings. The second-order valence-electron chi connectivity index (χ2n) is 5.13. The highest BCUT2D eigenvalue weighted by atomic mass is 15.0. The Morgan fingerprint density at radius 1 is 1.15 bits per heavy atom. The second kappa shape index (κ2) is 3.25. The van der Waals surface area contributed by atoms with Crippen molar-refractivity contribution in [3.63, 3.8) is 0 Å². The average Bonchev–Trinajstić information content (AvgIpc) is 2.64. The number of fused-ring (bicyclic) bond motifs is 1. The van der Waals surface area contributed by atoms with Gasteiger partial charge in [0.1, 0.15) is 0 Å². The van der Waals surface area contributed by atoms with E-state index in [2.05, 4.69) is 10.6 Å². The van der Waals surface area contributed by atoms with Crippen LogP contribution in [0, 0.1) is 11.8 Å². The molecule has 0 amide bonds. The van der Waals surface area contributed by atoms with E-state index in [9.17, 15) is 0 Å². The Kier molecular flexibility index (Phi) is 2.06. The summed E-state index contributed by atoms with van der Waals surface area (Å²) in [6.07, 6.45) is 7.24. The normalized spacial score (nSPS) is 48.0. The zero-order valence-electron chi connectivity index (χ0n) is 8.26. The molecular formula is C11H20N2. The summed E-state index contributed by atoms with van der Waals surface area (Å²) in [7, 11) is 0. The summed E-state index contributed by atoms with van der Waals surface area (Å²) >= 11 is 0. The van der Waals surface area contributed by atoms with E-state index in [1.807, 2.05) is 0 Å². The van der Waals surface area contributed by atoms with Crippen molar-refractivity contribution in [3.05, 3.63) is 0 Å². The lowest BCUT2D eigenvalue weighted by Crippen LogP contribution is -2.38. The van der Waals surface area contributed by atoms with E-state index in [-0.39, 0.29) is 0 Å². The Hall–Kier alpha value is -0.0800. The third-order valence-corrected chi connectivity index (χ3v) is 4.06. The van der Waals surface area contributed by atoms with E-state index < -0.39 is 0 Å². The molecule has 0 aromatic heterocycles. The van der Waals surface area contributed by atoms with Crippen LogP contribution in [0.5, 0.6) is 0 Å². The average molecular weight is 180 g/mol. The van der Waals surface area contributed by atoms with E-state index in [1.165, 1.54) is 38.8 Å². The van der Waals surface area contributed by atoms with Crippen molar-refractivity contribution in [1.29, 1.82) is 0 Å². The highest BCUT2D eigenvalue weighted by molar-refractivity contribution is 4.99. The predicted molar refractivity (Wildman–Crippen MR) is 53.6 cm³/mol. The van der Waals surface area contributed by atoms with Gasteiger partial charge in [0.05, 0.1) is 0 Å². The standard InChI is InChI=1S/C11H20N2/c1-2-10(12-3-1)7-13-11-5-8-4-9(8)6-11/h8-13H,1-7H2. The molecule has 0 radical (unpaired) electrons. The molecule has 2 heteroatoms. The smallest absolute Gasteiger partial charge is 0.0193 e. The van der Waals surface area contributed by atoms with E-state index in [0.717, 1.165) is 23.9 Å². The van der Waals surface area contributed by atoms with Gasteiger partial charge in [-0.2, -0.15) is 0 Å². The Labute approximate surface area is 80.5 Å². The lowest BCUT2D eigenvalue weighted by molar-refractivity contribution is 0.440. The largest absolute Gasteiger partial charge is 0.313 e. The zero-order chi connectivity index (χ0) is 8.67. The molecule has 1 saturated heterocycles. The van der Waals surface area contributed by atoms with Gasteiger partial charge in [-0.3, -0.25) is 0 Å². The molecule has 2 N–H and O–H groups in total. The minimum absolute atomic E-state index is 0.775. The van der Waals surface area contributed by atoms with Crippen LogP contribution >= 0.6 is 0 Å². The van der Waals surface area contributed by atoms with Crippen molar-refractivity contribution in [3.8, 4) is 0 Å². The molecule has 1 heterocycles. The fourth-order valence-corrected chi connectivity index (χ4v) is 3.12. The van der Waals surface area contributed by atoms with Crippen LogP contribution in [0.15, 0.2) is 0 Å². The first kappa shape index (κ1) is 8.25. The maximum atomic E-state index is 3.72. The van der Waals surface area contributed by atoms with Gasteiger partial charge < -0.3 is 10.6 Å². The summed E-state index contributed by atoms with van der Waals surface area (Å²) in [5.41, 5.74) is 0. The summed E-state index contributed by atoms with van der Waals surface area (Å²) in [5.74, 6) is 2.24. The van der Waals surface area contributed by atoms with E-state index in [0.29, 0.717) is 0 Å². The summed E-state index contributed by atoms with van der Waals surface area (Å²) in [5, 5.41) is 7.26. The maximum absolute atomic E-state index is 3.72. The van der Waals surface area contributed by atoms with Crippen molar-refractivity contribution in [2.24, 2.45) is 11.8 Å². The highest BCUT2D eigenvalue weighted by Crippen LogP contribution is 2.51. The molecular weight excluding hydrogens is 160 g/mol. The molecule has 2 aliphatic carbocycles. The van der Waals surface area contributed by atoms with Crippen molar-refractivity contribution in [2.75, 3.05) is 13.1 Å².